The van der Waals surface area contributed by atoms with Crippen molar-refractivity contribution in [2.45, 2.75) is 42.9 Å². The number of sulfone groups is 1. The number of imidazole rings is 1. The normalized spacial score (nSPS) is 15.3. The van der Waals surface area contributed by atoms with E-state index in [4.69, 9.17) is 25.8 Å². The number of hydrogen-bond acceptors (Lipinski definition) is 7. The number of hydrogen-bond donors (Lipinski definition) is 1. The fraction of sp³-hybridized carbons (Fsp3) is 0.407. The van der Waals surface area contributed by atoms with E-state index >= 15 is 0 Å². The van der Waals surface area contributed by atoms with Crippen LogP contribution in [0.2, 0.25) is 5.02 Å². The molecule has 4 rings (SSSR count). The summed E-state index contributed by atoms with van der Waals surface area (Å²) >= 11 is 6.09. The van der Waals surface area contributed by atoms with E-state index in [9.17, 15) is 13.2 Å². The molecule has 0 bridgehead atoms. The molecule has 12 heteroatoms. The summed E-state index contributed by atoms with van der Waals surface area (Å²) in [6, 6.07) is 13.4. The molecule has 1 aliphatic heterocycles. The third-order valence-corrected chi connectivity index (χ3v) is 8.18. The molecule has 3 aromatic rings. The Labute approximate surface area is 233 Å². The maximum absolute atomic E-state index is 13.5. The molecule has 2 heterocycles. The third-order valence-electron chi connectivity index (χ3n) is 6.35. The first-order valence-electron chi connectivity index (χ1n) is 12.6. The van der Waals surface area contributed by atoms with Gasteiger partial charge in [-0.25, -0.2) is 18.2 Å². The lowest BCUT2D eigenvalue weighted by Gasteiger charge is -2.26. The summed E-state index contributed by atoms with van der Waals surface area (Å²) in [6.07, 6.45) is 3.15. The average Bonchev–Trinajstić information content (AvgIpc) is 3.57. The minimum Gasteiger partial charge on any atom is -0.497 e. The van der Waals surface area contributed by atoms with Crippen molar-refractivity contribution in [2.24, 2.45) is 0 Å². The first-order chi connectivity index (χ1) is 18.8. The average molecular weight is 577 g/mol. The van der Waals surface area contributed by atoms with Crippen LogP contribution < -0.4 is 10.1 Å². The molecule has 1 fully saturated rings. The van der Waals surface area contributed by atoms with Crippen molar-refractivity contribution in [1.29, 1.82) is 0 Å². The van der Waals surface area contributed by atoms with Crippen LogP contribution in [0.5, 0.6) is 5.75 Å². The number of amides is 2. The van der Waals surface area contributed by atoms with Gasteiger partial charge in [0.15, 0.2) is 0 Å². The Hall–Kier alpha value is -3.12. The number of halogens is 1. The number of benzene rings is 2. The fourth-order valence-corrected chi connectivity index (χ4v) is 6.15. The topological polar surface area (TPSA) is 112 Å². The van der Waals surface area contributed by atoms with Gasteiger partial charge in [0.05, 0.1) is 44.0 Å². The molecule has 0 radical (unpaired) electrons. The maximum atomic E-state index is 13.5. The fourth-order valence-electron chi connectivity index (χ4n) is 4.45. The number of anilines is 1. The van der Waals surface area contributed by atoms with Crippen LogP contribution in [0, 0.1) is 0 Å². The number of nitrogens with one attached hydrogen (secondary N) is 1. The highest BCUT2D eigenvalue weighted by atomic mass is 35.5. The van der Waals surface area contributed by atoms with Gasteiger partial charge in [0.2, 0.25) is 15.0 Å². The van der Waals surface area contributed by atoms with Crippen molar-refractivity contribution in [3.63, 3.8) is 0 Å². The van der Waals surface area contributed by atoms with Crippen molar-refractivity contribution in [3.05, 3.63) is 71.0 Å². The summed E-state index contributed by atoms with van der Waals surface area (Å²) in [6.45, 7) is 1.63. The number of nitrogens with zero attached hydrogens (tertiary/aromatic N) is 3. The maximum Gasteiger partial charge on any atom is 0.322 e. The standard InChI is InChI=1S/C27H33ClN4O6S/c1-36-13-11-32-23(16-29-27(32)39(34,35)19-20-6-3-9-24(14-20)37-2)17-31(18-25-10-5-12-38-25)26(33)30-22-8-4-7-21(28)15-22/h3-4,6-9,14-16,25H,5,10-13,17-19H2,1-2H3,(H,30,33)/t25-/m1/s1. The van der Waals surface area contributed by atoms with Crippen molar-refractivity contribution in [2.75, 3.05) is 39.3 Å². The van der Waals surface area contributed by atoms with Gasteiger partial charge in [-0.1, -0.05) is 29.8 Å². The van der Waals surface area contributed by atoms with E-state index in [2.05, 4.69) is 10.3 Å². The second-order valence-electron chi connectivity index (χ2n) is 9.24. The zero-order valence-corrected chi connectivity index (χ0v) is 23.6. The summed E-state index contributed by atoms with van der Waals surface area (Å²) < 4.78 is 44.8. The molecule has 2 aromatic carbocycles. The Morgan fingerprint density at radius 1 is 1.23 bits per heavy atom. The first kappa shape index (κ1) is 28.9. The van der Waals surface area contributed by atoms with Crippen LogP contribution >= 0.6 is 11.6 Å². The molecule has 10 nitrogen and oxygen atoms in total. The molecule has 1 aromatic heterocycles. The van der Waals surface area contributed by atoms with E-state index in [1.807, 2.05) is 0 Å². The highest BCUT2D eigenvalue weighted by Gasteiger charge is 2.28. The number of rotatable bonds is 12. The number of methoxy groups -OCH3 is 2. The molecule has 0 spiro atoms. The lowest BCUT2D eigenvalue weighted by Crippen LogP contribution is -2.40. The van der Waals surface area contributed by atoms with E-state index in [0.717, 1.165) is 12.8 Å². The minimum atomic E-state index is -3.83. The Kier molecular flexibility index (Phi) is 9.84. The van der Waals surface area contributed by atoms with Crippen LogP contribution in [0.4, 0.5) is 10.5 Å². The minimum absolute atomic E-state index is 0.0790. The van der Waals surface area contributed by atoms with E-state index < -0.39 is 9.84 Å². The number of carbonyl (C=O) groups is 1. The zero-order valence-electron chi connectivity index (χ0n) is 22.0. The molecule has 1 atom stereocenters. The van der Waals surface area contributed by atoms with Gasteiger partial charge in [0.25, 0.3) is 0 Å². The highest BCUT2D eigenvalue weighted by molar-refractivity contribution is 7.90. The van der Waals surface area contributed by atoms with Crippen molar-refractivity contribution in [1.82, 2.24) is 14.5 Å². The largest absolute Gasteiger partial charge is 0.497 e. The summed E-state index contributed by atoms with van der Waals surface area (Å²) in [5.74, 6) is 0.323. The molecule has 0 saturated carbocycles. The van der Waals surface area contributed by atoms with Gasteiger partial charge >= 0.3 is 6.03 Å². The van der Waals surface area contributed by atoms with Crippen LogP contribution in [-0.2, 0) is 38.2 Å². The highest BCUT2D eigenvalue weighted by Crippen LogP contribution is 2.23. The molecule has 210 valence electrons. The van der Waals surface area contributed by atoms with Crippen LogP contribution in [0.3, 0.4) is 0 Å². The second kappa shape index (κ2) is 13.3. The molecule has 39 heavy (non-hydrogen) atoms. The Morgan fingerprint density at radius 3 is 2.77 bits per heavy atom. The third kappa shape index (κ3) is 7.72. The molecule has 1 saturated heterocycles. The molecule has 1 aliphatic rings. The summed E-state index contributed by atoms with van der Waals surface area (Å²) in [7, 11) is -0.753. The number of urea groups is 1. The van der Waals surface area contributed by atoms with Crippen molar-refractivity contribution < 1.29 is 27.4 Å². The van der Waals surface area contributed by atoms with Crippen LogP contribution in [0.15, 0.2) is 59.9 Å². The monoisotopic (exact) mass is 576 g/mol. The Balaban J connectivity index is 1.61. The van der Waals surface area contributed by atoms with Gasteiger partial charge < -0.3 is 29.0 Å². The van der Waals surface area contributed by atoms with E-state index in [1.54, 1.807) is 65.1 Å². The van der Waals surface area contributed by atoms with Gasteiger partial charge in [-0.15, -0.1) is 0 Å². The van der Waals surface area contributed by atoms with E-state index in [-0.39, 0.29) is 42.7 Å². The SMILES string of the molecule is COCCn1c(CN(C[C@H]2CCCO2)C(=O)Nc2cccc(Cl)c2)cnc1S(=O)(=O)Cc1cccc(OC)c1. The van der Waals surface area contributed by atoms with Crippen LogP contribution in [0.25, 0.3) is 0 Å². The summed E-state index contributed by atoms with van der Waals surface area (Å²) in [5.41, 5.74) is 1.70. The number of carbonyl (C=O) groups excluding carboxylic acids is 1. The van der Waals surface area contributed by atoms with Crippen LogP contribution in [0.1, 0.15) is 24.1 Å². The molecule has 0 unspecified atom stereocenters. The van der Waals surface area contributed by atoms with Gasteiger partial charge in [-0.05, 0) is 48.7 Å². The predicted molar refractivity (Wildman–Crippen MR) is 148 cm³/mol. The van der Waals surface area contributed by atoms with Crippen molar-refractivity contribution >= 4 is 33.2 Å². The molecule has 0 aliphatic carbocycles. The van der Waals surface area contributed by atoms with E-state index in [0.29, 0.717) is 40.9 Å². The lowest BCUT2D eigenvalue weighted by atomic mass is 10.2. The summed E-state index contributed by atoms with van der Waals surface area (Å²) in [5, 5.41) is 3.31. The number of ether oxygens (including phenoxy) is 3. The summed E-state index contributed by atoms with van der Waals surface area (Å²) in [4.78, 5) is 19.3. The molecular weight excluding hydrogens is 544 g/mol. The molecular formula is C27H33ClN4O6S. The Morgan fingerprint density at radius 2 is 2.05 bits per heavy atom. The first-order valence-corrected chi connectivity index (χ1v) is 14.6. The van der Waals surface area contributed by atoms with Gasteiger partial charge in [0.1, 0.15) is 5.75 Å². The molecule has 2 amide bonds. The van der Waals surface area contributed by atoms with Gasteiger partial charge in [-0.2, -0.15) is 0 Å². The zero-order chi connectivity index (χ0) is 27.8. The Bertz CT molecular complexity index is 1370. The predicted octanol–water partition coefficient (Wildman–Crippen LogP) is 4.38. The lowest BCUT2D eigenvalue weighted by molar-refractivity contribution is 0.0811. The van der Waals surface area contributed by atoms with Crippen molar-refractivity contribution in [3.8, 4) is 5.75 Å². The second-order valence-corrected chi connectivity index (χ2v) is 11.6. The quantitative estimate of drug-likeness (QED) is 0.340. The smallest absolute Gasteiger partial charge is 0.322 e. The van der Waals surface area contributed by atoms with E-state index in [1.165, 1.54) is 13.3 Å². The van der Waals surface area contributed by atoms with Gasteiger partial charge in [-0.3, -0.25) is 0 Å². The molecule has 1 N–H and O–H groups in total. The van der Waals surface area contributed by atoms with Crippen LogP contribution in [-0.4, -0.2) is 69.0 Å². The number of aromatic nitrogens is 2. The van der Waals surface area contributed by atoms with Gasteiger partial charge in [0, 0.05) is 37.5 Å².